The van der Waals surface area contributed by atoms with Gasteiger partial charge in [-0.15, -0.1) is 0 Å². The van der Waals surface area contributed by atoms with Crippen LogP contribution in [0.4, 0.5) is 0 Å². The van der Waals surface area contributed by atoms with Gasteiger partial charge in [0.1, 0.15) is 12.4 Å². The number of sulfonamides is 1. The smallest absolute Gasteiger partial charge is 0.265 e. The molecule has 33 heavy (non-hydrogen) atoms. The van der Waals surface area contributed by atoms with Gasteiger partial charge in [0.15, 0.2) is 0 Å². The number of rotatable bonds is 9. The van der Waals surface area contributed by atoms with Gasteiger partial charge in [0.2, 0.25) is 21.7 Å². The van der Waals surface area contributed by atoms with Gasteiger partial charge in [0, 0.05) is 50.6 Å². The van der Waals surface area contributed by atoms with Crippen molar-refractivity contribution in [3.8, 4) is 5.75 Å². The lowest BCUT2D eigenvalue weighted by molar-refractivity contribution is -0.163. The number of pyridine rings is 1. The zero-order valence-electron chi connectivity index (χ0n) is 18.2. The van der Waals surface area contributed by atoms with E-state index < -0.39 is 27.6 Å². The number of hydrogen-bond donors (Lipinski definition) is 3. The number of carbonyl (C=O) groups excluding carboxylic acids is 2. The molecular formula is C21H27N5O6S. The number of aromatic nitrogens is 1. The molecule has 1 fully saturated rings. The lowest BCUT2D eigenvalue weighted by Gasteiger charge is -2.42. The van der Waals surface area contributed by atoms with Gasteiger partial charge in [0.05, 0.1) is 6.26 Å². The highest BCUT2D eigenvalue weighted by atomic mass is 32.2. The molecule has 0 unspecified atom stereocenters. The summed E-state index contributed by atoms with van der Waals surface area (Å²) in [6, 6.07) is 8.14. The van der Waals surface area contributed by atoms with Gasteiger partial charge < -0.3 is 21.3 Å². The number of nitrogens with zero attached hydrogens (tertiary/aromatic N) is 3. The van der Waals surface area contributed by atoms with Crippen molar-refractivity contribution in [2.24, 2.45) is 11.5 Å². The predicted molar refractivity (Wildman–Crippen MR) is 119 cm³/mol. The summed E-state index contributed by atoms with van der Waals surface area (Å²) in [5.74, 6) is -1.35. The third-order valence-electron chi connectivity index (χ3n) is 5.56. The first-order chi connectivity index (χ1) is 15.5. The molecule has 2 aromatic rings. The highest BCUT2D eigenvalue weighted by Crippen LogP contribution is 2.26. The standard InChI is InChI=1S/C21H27N5O6S/c1-33(30,31)26-10-8-25(9-11-26)21(29,20(23)28)13-16-12-17(2-3-18(16)19(22)27)32-14-15-4-6-24-7-5-15/h2-7,12,29H,8-11,13-14H2,1H3,(H2,22,27)(H2,23,28)/t21-/m0/s1. The first-order valence-electron chi connectivity index (χ1n) is 10.2. The van der Waals surface area contributed by atoms with Crippen LogP contribution in [-0.4, -0.2) is 77.7 Å². The molecule has 0 radical (unpaired) electrons. The van der Waals surface area contributed by atoms with Crippen LogP contribution < -0.4 is 16.2 Å². The van der Waals surface area contributed by atoms with Crippen molar-refractivity contribution in [2.75, 3.05) is 32.4 Å². The van der Waals surface area contributed by atoms with Crippen molar-refractivity contribution >= 4 is 21.8 Å². The molecule has 3 rings (SSSR count). The highest BCUT2D eigenvalue weighted by Gasteiger charge is 2.43. The van der Waals surface area contributed by atoms with Crippen molar-refractivity contribution in [2.45, 2.75) is 18.8 Å². The van der Waals surface area contributed by atoms with Gasteiger partial charge >= 0.3 is 0 Å². The summed E-state index contributed by atoms with van der Waals surface area (Å²) in [6.07, 6.45) is 4.04. The Morgan fingerprint density at radius 2 is 1.76 bits per heavy atom. The second-order valence-corrected chi connectivity index (χ2v) is 9.82. The number of benzene rings is 1. The highest BCUT2D eigenvalue weighted by molar-refractivity contribution is 7.88. The van der Waals surface area contributed by atoms with Gasteiger partial charge in [0.25, 0.3) is 5.91 Å². The van der Waals surface area contributed by atoms with Crippen molar-refractivity contribution in [1.29, 1.82) is 0 Å². The second-order valence-electron chi connectivity index (χ2n) is 7.83. The number of hydrogen-bond acceptors (Lipinski definition) is 8. The fourth-order valence-electron chi connectivity index (χ4n) is 3.70. The van der Waals surface area contributed by atoms with Crippen molar-refractivity contribution < 1.29 is 27.9 Å². The first-order valence-corrected chi connectivity index (χ1v) is 12.0. The molecule has 1 aromatic heterocycles. The van der Waals surface area contributed by atoms with Crippen molar-refractivity contribution in [3.63, 3.8) is 0 Å². The molecule has 1 aliphatic heterocycles. The summed E-state index contributed by atoms with van der Waals surface area (Å²) in [7, 11) is -3.40. The van der Waals surface area contributed by atoms with Crippen LogP contribution in [0.1, 0.15) is 21.5 Å². The number of ether oxygens (including phenoxy) is 1. The molecule has 1 atom stereocenters. The Morgan fingerprint density at radius 3 is 2.30 bits per heavy atom. The molecule has 1 aliphatic rings. The molecule has 11 nitrogen and oxygen atoms in total. The summed E-state index contributed by atoms with van der Waals surface area (Å²) >= 11 is 0. The Bertz CT molecular complexity index is 1120. The Morgan fingerprint density at radius 1 is 1.12 bits per heavy atom. The quantitative estimate of drug-likeness (QED) is 0.415. The summed E-state index contributed by atoms with van der Waals surface area (Å²) < 4.78 is 30.6. The summed E-state index contributed by atoms with van der Waals surface area (Å²) in [5, 5.41) is 11.2. The predicted octanol–water partition coefficient (Wildman–Crippen LogP) is -0.947. The normalized spacial score (nSPS) is 17.3. The van der Waals surface area contributed by atoms with E-state index in [1.54, 1.807) is 30.6 Å². The number of carbonyl (C=O) groups is 2. The number of amides is 2. The van der Waals surface area contributed by atoms with E-state index in [2.05, 4.69) is 4.98 Å². The molecule has 0 bridgehead atoms. The summed E-state index contributed by atoms with van der Waals surface area (Å²) in [6.45, 7) is 0.580. The zero-order valence-corrected chi connectivity index (χ0v) is 19.0. The van der Waals surface area contributed by atoms with Crippen molar-refractivity contribution in [3.05, 3.63) is 59.4 Å². The fraction of sp³-hybridized carbons (Fsp3) is 0.381. The van der Waals surface area contributed by atoms with E-state index >= 15 is 0 Å². The molecular weight excluding hydrogens is 450 g/mol. The van der Waals surface area contributed by atoms with Crippen LogP contribution in [0.25, 0.3) is 0 Å². The molecule has 0 saturated carbocycles. The molecule has 1 saturated heterocycles. The van der Waals surface area contributed by atoms with Crippen LogP contribution in [0.15, 0.2) is 42.7 Å². The largest absolute Gasteiger partial charge is 0.489 e. The second kappa shape index (κ2) is 9.83. The molecule has 5 N–H and O–H groups in total. The SMILES string of the molecule is CS(=O)(=O)N1CCN([C@](O)(Cc2cc(OCc3ccncc3)ccc2C(N)=O)C(N)=O)CC1. The van der Waals surface area contributed by atoms with Gasteiger partial charge in [-0.1, -0.05) is 0 Å². The zero-order chi connectivity index (χ0) is 24.2. The van der Waals surface area contributed by atoms with E-state index in [1.807, 2.05) is 0 Å². The number of nitrogens with two attached hydrogens (primary N) is 2. The minimum absolute atomic E-state index is 0.0800. The lowest BCUT2D eigenvalue weighted by Crippen LogP contribution is -2.64. The fourth-order valence-corrected chi connectivity index (χ4v) is 4.53. The van der Waals surface area contributed by atoms with Crippen LogP contribution >= 0.6 is 0 Å². The van der Waals surface area contributed by atoms with Gasteiger partial charge in [-0.3, -0.25) is 19.5 Å². The number of primary amides is 2. The van der Waals surface area contributed by atoms with E-state index in [-0.39, 0.29) is 50.3 Å². The van der Waals surface area contributed by atoms with Gasteiger partial charge in [-0.25, -0.2) is 8.42 Å². The van der Waals surface area contributed by atoms with E-state index in [0.29, 0.717) is 5.75 Å². The molecule has 2 amide bonds. The van der Waals surface area contributed by atoms with E-state index in [9.17, 15) is 23.1 Å². The molecule has 0 aliphatic carbocycles. The van der Waals surface area contributed by atoms with Crippen LogP contribution in [0, 0.1) is 0 Å². The van der Waals surface area contributed by atoms with Crippen LogP contribution in [0.3, 0.4) is 0 Å². The molecule has 0 spiro atoms. The average Bonchev–Trinajstić information content (AvgIpc) is 2.77. The number of aliphatic hydroxyl groups is 1. The van der Waals surface area contributed by atoms with Gasteiger partial charge in [-0.2, -0.15) is 4.31 Å². The lowest BCUT2D eigenvalue weighted by atomic mass is 9.94. The monoisotopic (exact) mass is 477 g/mol. The summed E-state index contributed by atoms with van der Waals surface area (Å²) in [4.78, 5) is 29.7. The Kier molecular flexibility index (Phi) is 7.32. The Hall–Kier alpha value is -3.06. The van der Waals surface area contributed by atoms with Crippen LogP contribution in [0.5, 0.6) is 5.75 Å². The maximum absolute atomic E-state index is 12.3. The third-order valence-corrected chi connectivity index (χ3v) is 6.86. The van der Waals surface area contributed by atoms with Crippen LogP contribution in [-0.2, 0) is 27.8 Å². The molecule has 178 valence electrons. The minimum Gasteiger partial charge on any atom is -0.489 e. The van der Waals surface area contributed by atoms with E-state index in [0.717, 1.165) is 11.8 Å². The molecule has 1 aromatic carbocycles. The average molecular weight is 478 g/mol. The maximum Gasteiger partial charge on any atom is 0.265 e. The topological polar surface area (TPSA) is 169 Å². The summed E-state index contributed by atoms with van der Waals surface area (Å²) in [5.41, 5.74) is 10.2. The first kappa shape index (κ1) is 24.6. The third kappa shape index (κ3) is 5.85. The Labute approximate surface area is 192 Å². The van der Waals surface area contributed by atoms with E-state index in [4.69, 9.17) is 16.2 Å². The minimum atomic E-state index is -3.40. The molecule has 12 heteroatoms. The molecule has 2 heterocycles. The maximum atomic E-state index is 12.3. The van der Waals surface area contributed by atoms with Gasteiger partial charge in [-0.05, 0) is 41.5 Å². The Balaban J connectivity index is 1.84. The number of piperazine rings is 1. The van der Waals surface area contributed by atoms with Crippen LogP contribution in [0.2, 0.25) is 0 Å². The van der Waals surface area contributed by atoms with Crippen molar-refractivity contribution in [1.82, 2.24) is 14.2 Å². The van der Waals surface area contributed by atoms with E-state index in [1.165, 1.54) is 21.3 Å².